The van der Waals surface area contributed by atoms with Gasteiger partial charge in [0.25, 0.3) is 5.91 Å². The number of nitrogens with two attached hydrogens (primary N) is 1. The zero-order valence-electron chi connectivity index (χ0n) is 19.9. The van der Waals surface area contributed by atoms with Gasteiger partial charge in [0.05, 0.1) is 37.3 Å². The Labute approximate surface area is 209 Å². The molecule has 0 unspecified atom stereocenters. The Morgan fingerprint density at radius 1 is 1.06 bits per heavy atom. The van der Waals surface area contributed by atoms with Gasteiger partial charge < -0.3 is 31.0 Å². The summed E-state index contributed by atoms with van der Waals surface area (Å²) in [7, 11) is 0. The molecule has 5 rings (SSSR count). The number of amides is 1. The second-order valence-corrected chi connectivity index (χ2v) is 8.51. The highest BCUT2D eigenvalue weighted by Gasteiger charge is 2.13. The lowest BCUT2D eigenvalue weighted by molar-refractivity contribution is 0.102. The van der Waals surface area contributed by atoms with E-state index >= 15 is 0 Å². The van der Waals surface area contributed by atoms with Crippen molar-refractivity contribution >= 4 is 23.0 Å². The summed E-state index contributed by atoms with van der Waals surface area (Å²) in [5.41, 5.74) is 11.8. The van der Waals surface area contributed by atoms with Crippen LogP contribution in [0.5, 0.6) is 0 Å². The molecule has 1 fully saturated rings. The summed E-state index contributed by atoms with van der Waals surface area (Å²) in [4.78, 5) is 27.1. The number of anilines is 3. The predicted molar refractivity (Wildman–Crippen MR) is 141 cm³/mol. The molecule has 9 heteroatoms. The minimum absolute atomic E-state index is 0.201. The number of hydrogen-bond acceptors (Lipinski definition) is 7. The van der Waals surface area contributed by atoms with E-state index in [0.717, 1.165) is 60.3 Å². The number of ether oxygens (including phenoxy) is 1. The second-order valence-electron chi connectivity index (χ2n) is 8.51. The van der Waals surface area contributed by atoms with Crippen LogP contribution in [0.4, 0.5) is 17.1 Å². The molecule has 0 spiro atoms. The number of morpholine rings is 1. The van der Waals surface area contributed by atoms with Gasteiger partial charge in [-0.25, -0.2) is 4.98 Å². The van der Waals surface area contributed by atoms with Crippen LogP contribution in [0.15, 0.2) is 73.2 Å². The van der Waals surface area contributed by atoms with E-state index in [9.17, 15) is 4.79 Å². The first kappa shape index (κ1) is 23.5. The van der Waals surface area contributed by atoms with Crippen molar-refractivity contribution in [3.8, 4) is 11.4 Å². The Hall–Kier alpha value is -4.21. The van der Waals surface area contributed by atoms with Gasteiger partial charge in [0, 0.05) is 54.5 Å². The van der Waals surface area contributed by atoms with E-state index in [1.165, 1.54) is 0 Å². The minimum atomic E-state index is -0.201. The SMILES string of the molecule is NCc1ccc(-c2ncc[nH]2)cc1NC(=O)c1ccc(NCc2ccc(N3CCOCC3)cn2)cc1. The van der Waals surface area contributed by atoms with Crippen molar-refractivity contribution in [3.63, 3.8) is 0 Å². The number of aromatic amines is 1. The van der Waals surface area contributed by atoms with Crippen LogP contribution in [0.25, 0.3) is 11.4 Å². The number of nitrogens with zero attached hydrogens (tertiary/aromatic N) is 3. The van der Waals surface area contributed by atoms with Crippen LogP contribution in [-0.2, 0) is 17.8 Å². The fourth-order valence-corrected chi connectivity index (χ4v) is 4.10. The summed E-state index contributed by atoms with van der Waals surface area (Å²) >= 11 is 0. The molecule has 0 aliphatic carbocycles. The fraction of sp³-hybridized carbons (Fsp3) is 0.222. The maximum absolute atomic E-state index is 12.9. The van der Waals surface area contributed by atoms with Gasteiger partial charge in [-0.15, -0.1) is 0 Å². The standard InChI is InChI=1S/C27H29N7O2/c28-16-21-2-1-20(26-29-9-10-30-26)15-25(21)33-27(35)19-3-5-22(6-4-19)31-17-23-7-8-24(18-32-23)34-11-13-36-14-12-34/h1-10,15,18,31H,11-14,16-17,28H2,(H,29,30)(H,33,35). The highest BCUT2D eigenvalue weighted by molar-refractivity contribution is 6.05. The minimum Gasteiger partial charge on any atom is -0.379 e. The summed E-state index contributed by atoms with van der Waals surface area (Å²) in [6.45, 7) is 4.20. The molecular formula is C27H29N7O2. The van der Waals surface area contributed by atoms with Crippen molar-refractivity contribution in [1.29, 1.82) is 0 Å². The molecule has 1 saturated heterocycles. The molecule has 3 heterocycles. The van der Waals surface area contributed by atoms with Crippen LogP contribution < -0.4 is 21.3 Å². The third kappa shape index (κ3) is 5.54. The van der Waals surface area contributed by atoms with Crippen LogP contribution in [-0.4, -0.2) is 47.2 Å². The molecule has 36 heavy (non-hydrogen) atoms. The van der Waals surface area contributed by atoms with E-state index in [0.29, 0.717) is 24.3 Å². The molecule has 1 aliphatic rings. The molecule has 2 aromatic carbocycles. The molecule has 0 bridgehead atoms. The molecule has 1 amide bonds. The molecule has 0 radical (unpaired) electrons. The number of rotatable bonds is 8. The zero-order valence-corrected chi connectivity index (χ0v) is 19.9. The number of imidazole rings is 1. The number of hydrogen-bond donors (Lipinski definition) is 4. The molecule has 0 saturated carbocycles. The third-order valence-electron chi connectivity index (χ3n) is 6.16. The van der Waals surface area contributed by atoms with Gasteiger partial charge in [0.2, 0.25) is 0 Å². The monoisotopic (exact) mass is 483 g/mol. The Kier molecular flexibility index (Phi) is 7.20. The van der Waals surface area contributed by atoms with Crippen LogP contribution in [0, 0.1) is 0 Å². The lowest BCUT2D eigenvalue weighted by Gasteiger charge is -2.28. The van der Waals surface area contributed by atoms with Gasteiger partial charge in [-0.1, -0.05) is 12.1 Å². The molecule has 0 atom stereocenters. The van der Waals surface area contributed by atoms with E-state index in [4.69, 9.17) is 10.5 Å². The van der Waals surface area contributed by atoms with Crippen molar-refractivity contribution in [2.45, 2.75) is 13.1 Å². The van der Waals surface area contributed by atoms with E-state index in [-0.39, 0.29) is 5.91 Å². The number of aromatic nitrogens is 3. The first-order chi connectivity index (χ1) is 17.7. The lowest BCUT2D eigenvalue weighted by Crippen LogP contribution is -2.36. The summed E-state index contributed by atoms with van der Waals surface area (Å²) < 4.78 is 5.41. The maximum Gasteiger partial charge on any atom is 0.255 e. The largest absolute Gasteiger partial charge is 0.379 e. The third-order valence-corrected chi connectivity index (χ3v) is 6.16. The summed E-state index contributed by atoms with van der Waals surface area (Å²) in [5, 5.41) is 6.35. The van der Waals surface area contributed by atoms with Gasteiger partial charge in [0.1, 0.15) is 5.82 Å². The zero-order chi connectivity index (χ0) is 24.7. The number of benzene rings is 2. The first-order valence-corrected chi connectivity index (χ1v) is 12.0. The summed E-state index contributed by atoms with van der Waals surface area (Å²) in [5.74, 6) is 0.530. The fourth-order valence-electron chi connectivity index (χ4n) is 4.10. The Morgan fingerprint density at radius 3 is 2.58 bits per heavy atom. The van der Waals surface area contributed by atoms with Gasteiger partial charge in [-0.3, -0.25) is 9.78 Å². The van der Waals surface area contributed by atoms with E-state index in [1.54, 1.807) is 24.5 Å². The molecule has 9 nitrogen and oxygen atoms in total. The number of carbonyl (C=O) groups excluding carboxylic acids is 1. The smallest absolute Gasteiger partial charge is 0.255 e. The summed E-state index contributed by atoms with van der Waals surface area (Å²) in [6.07, 6.45) is 5.36. The van der Waals surface area contributed by atoms with E-state index in [1.807, 2.05) is 42.6 Å². The Morgan fingerprint density at radius 2 is 1.89 bits per heavy atom. The van der Waals surface area contributed by atoms with E-state index < -0.39 is 0 Å². The second kappa shape index (κ2) is 11.0. The number of pyridine rings is 1. The van der Waals surface area contributed by atoms with Crippen molar-refractivity contribution in [2.24, 2.45) is 5.73 Å². The molecule has 1 aliphatic heterocycles. The molecule has 5 N–H and O–H groups in total. The normalized spacial score (nSPS) is 13.4. The van der Waals surface area contributed by atoms with Crippen LogP contribution >= 0.6 is 0 Å². The van der Waals surface area contributed by atoms with Crippen LogP contribution in [0.1, 0.15) is 21.6 Å². The number of H-pyrrole nitrogens is 1. The van der Waals surface area contributed by atoms with Gasteiger partial charge in [-0.2, -0.15) is 0 Å². The topological polar surface area (TPSA) is 121 Å². The average Bonchev–Trinajstić information content (AvgIpc) is 3.48. The Bertz CT molecular complexity index is 1280. The lowest BCUT2D eigenvalue weighted by atomic mass is 10.1. The predicted octanol–water partition coefficient (Wildman–Crippen LogP) is 3.63. The first-order valence-electron chi connectivity index (χ1n) is 12.0. The highest BCUT2D eigenvalue weighted by atomic mass is 16.5. The number of carbonyl (C=O) groups is 1. The van der Waals surface area contributed by atoms with Gasteiger partial charge in [0.15, 0.2) is 0 Å². The maximum atomic E-state index is 12.9. The average molecular weight is 484 g/mol. The van der Waals surface area contributed by atoms with Gasteiger partial charge in [-0.05, 0) is 48.0 Å². The molecule has 184 valence electrons. The van der Waals surface area contributed by atoms with Crippen molar-refractivity contribution in [3.05, 3.63) is 90.0 Å². The van der Waals surface area contributed by atoms with Gasteiger partial charge >= 0.3 is 0 Å². The van der Waals surface area contributed by atoms with Crippen molar-refractivity contribution in [1.82, 2.24) is 15.0 Å². The van der Waals surface area contributed by atoms with Crippen LogP contribution in [0.3, 0.4) is 0 Å². The molecule has 4 aromatic rings. The van der Waals surface area contributed by atoms with Crippen molar-refractivity contribution in [2.75, 3.05) is 41.8 Å². The summed E-state index contributed by atoms with van der Waals surface area (Å²) in [6, 6.07) is 17.2. The molecular weight excluding hydrogens is 454 g/mol. The highest BCUT2D eigenvalue weighted by Crippen LogP contribution is 2.24. The Balaban J connectivity index is 1.19. The van der Waals surface area contributed by atoms with Crippen molar-refractivity contribution < 1.29 is 9.53 Å². The number of nitrogens with one attached hydrogen (secondary N) is 3. The van der Waals surface area contributed by atoms with Crippen LogP contribution in [0.2, 0.25) is 0 Å². The quantitative estimate of drug-likeness (QED) is 0.302. The van der Waals surface area contributed by atoms with E-state index in [2.05, 4.69) is 36.6 Å². The molecule has 2 aromatic heterocycles.